The zero-order valence-electron chi connectivity index (χ0n) is 11.0. The lowest BCUT2D eigenvalue weighted by atomic mass is 10.00. The average Bonchev–Trinajstić information content (AvgIpc) is 2.34. The zero-order valence-corrected chi connectivity index (χ0v) is 11.9. The van der Waals surface area contributed by atoms with Crippen molar-refractivity contribution >= 4 is 12.6 Å². The molecule has 0 bridgehead atoms. The fourth-order valence-corrected chi connectivity index (χ4v) is 1.91. The van der Waals surface area contributed by atoms with Crippen molar-refractivity contribution in [3.8, 4) is 5.75 Å². The van der Waals surface area contributed by atoms with Crippen LogP contribution in [0.3, 0.4) is 0 Å². The summed E-state index contributed by atoms with van der Waals surface area (Å²) in [5.74, 6) is 2.42. The van der Waals surface area contributed by atoms with Crippen LogP contribution < -0.4 is 10.1 Å². The van der Waals surface area contributed by atoms with Crippen LogP contribution in [0, 0.1) is 0 Å². The molecule has 0 fully saturated rings. The number of nitrogens with one attached hydrogen (secondary N) is 1. The van der Waals surface area contributed by atoms with Crippen LogP contribution >= 0.6 is 12.6 Å². The largest absolute Gasteiger partial charge is 0.496 e. The summed E-state index contributed by atoms with van der Waals surface area (Å²) in [7, 11) is 1.74. The third-order valence-electron chi connectivity index (χ3n) is 2.84. The monoisotopic (exact) mass is 253 g/mol. The highest BCUT2D eigenvalue weighted by Gasteiger charge is 2.06. The van der Waals surface area contributed by atoms with E-state index in [-0.39, 0.29) is 0 Å². The third kappa shape index (κ3) is 4.60. The van der Waals surface area contributed by atoms with Crippen molar-refractivity contribution in [2.45, 2.75) is 26.2 Å². The summed E-state index contributed by atoms with van der Waals surface area (Å²) >= 11 is 4.17. The summed E-state index contributed by atoms with van der Waals surface area (Å²) in [4.78, 5) is 0. The minimum atomic E-state index is 0.542. The highest BCUT2D eigenvalue weighted by molar-refractivity contribution is 7.80. The Hall–Kier alpha value is -0.670. The molecule has 0 aromatic heterocycles. The van der Waals surface area contributed by atoms with Gasteiger partial charge in [-0.25, -0.2) is 0 Å². The lowest BCUT2D eigenvalue weighted by molar-refractivity contribution is 0.408. The van der Waals surface area contributed by atoms with Gasteiger partial charge in [0.05, 0.1) is 7.11 Å². The quantitative estimate of drug-likeness (QED) is 0.576. The number of benzene rings is 1. The molecule has 1 rings (SSSR count). The summed E-state index contributed by atoms with van der Waals surface area (Å²) in [6.45, 7) is 6.32. The molecule has 0 spiro atoms. The van der Waals surface area contributed by atoms with Gasteiger partial charge < -0.3 is 10.1 Å². The van der Waals surface area contributed by atoms with Crippen LogP contribution in [0.25, 0.3) is 0 Å². The van der Waals surface area contributed by atoms with Gasteiger partial charge in [0.15, 0.2) is 0 Å². The smallest absolute Gasteiger partial charge is 0.122 e. The number of hydrogen-bond donors (Lipinski definition) is 2. The summed E-state index contributed by atoms with van der Waals surface area (Å²) in [5.41, 5.74) is 2.59. The van der Waals surface area contributed by atoms with Crippen molar-refractivity contribution in [1.82, 2.24) is 5.32 Å². The van der Waals surface area contributed by atoms with E-state index >= 15 is 0 Å². The molecule has 0 unspecified atom stereocenters. The van der Waals surface area contributed by atoms with Gasteiger partial charge >= 0.3 is 0 Å². The summed E-state index contributed by atoms with van der Waals surface area (Å²) in [6, 6.07) is 6.52. The molecule has 1 aromatic rings. The van der Waals surface area contributed by atoms with Gasteiger partial charge in [0, 0.05) is 12.3 Å². The van der Waals surface area contributed by atoms with Gasteiger partial charge in [-0.2, -0.15) is 12.6 Å². The van der Waals surface area contributed by atoms with Crippen molar-refractivity contribution < 1.29 is 4.74 Å². The number of ether oxygens (including phenoxy) is 1. The van der Waals surface area contributed by atoms with Crippen molar-refractivity contribution in [2.24, 2.45) is 0 Å². The van der Waals surface area contributed by atoms with Gasteiger partial charge in [-0.15, -0.1) is 0 Å². The maximum atomic E-state index is 5.45. The molecule has 0 radical (unpaired) electrons. The minimum absolute atomic E-state index is 0.542. The Kier molecular flexibility index (Phi) is 6.45. The van der Waals surface area contributed by atoms with Crippen LogP contribution in [0.2, 0.25) is 0 Å². The van der Waals surface area contributed by atoms with E-state index in [0.717, 1.165) is 31.0 Å². The lowest BCUT2D eigenvalue weighted by Gasteiger charge is -2.12. The van der Waals surface area contributed by atoms with E-state index in [1.54, 1.807) is 7.11 Å². The van der Waals surface area contributed by atoms with Crippen LogP contribution in [0.15, 0.2) is 18.2 Å². The molecular formula is C14H23NOS. The SMILES string of the molecule is COc1cc(C(C)C)ccc1CCNCCS. The number of rotatable bonds is 7. The molecule has 0 amide bonds. The Balaban J connectivity index is 2.65. The van der Waals surface area contributed by atoms with Gasteiger partial charge in [-0.05, 0) is 36.1 Å². The Morgan fingerprint density at radius 1 is 1.29 bits per heavy atom. The standard InChI is InChI=1S/C14H23NOS/c1-11(2)13-5-4-12(14(10-13)16-3)6-7-15-8-9-17/h4-5,10-11,15,17H,6-9H2,1-3H3. The molecule has 2 nitrogen and oxygen atoms in total. The molecule has 0 saturated heterocycles. The fraction of sp³-hybridized carbons (Fsp3) is 0.571. The fourth-order valence-electron chi connectivity index (χ4n) is 1.75. The highest BCUT2D eigenvalue weighted by Crippen LogP contribution is 2.24. The van der Waals surface area contributed by atoms with E-state index in [4.69, 9.17) is 4.74 Å². The molecule has 0 aliphatic rings. The first-order chi connectivity index (χ1) is 8.19. The second-order valence-electron chi connectivity index (χ2n) is 4.45. The van der Waals surface area contributed by atoms with E-state index < -0.39 is 0 Å². The van der Waals surface area contributed by atoms with Gasteiger partial charge in [-0.3, -0.25) is 0 Å². The number of methoxy groups -OCH3 is 1. The number of thiol groups is 1. The molecule has 96 valence electrons. The van der Waals surface area contributed by atoms with E-state index in [9.17, 15) is 0 Å². The first-order valence-corrected chi connectivity index (χ1v) is 6.80. The second kappa shape index (κ2) is 7.62. The maximum Gasteiger partial charge on any atom is 0.122 e. The molecule has 0 atom stereocenters. The van der Waals surface area contributed by atoms with Crippen LogP contribution in [0.1, 0.15) is 30.9 Å². The second-order valence-corrected chi connectivity index (χ2v) is 4.90. The lowest BCUT2D eigenvalue weighted by Crippen LogP contribution is -2.19. The normalized spacial score (nSPS) is 10.9. The minimum Gasteiger partial charge on any atom is -0.496 e. The van der Waals surface area contributed by atoms with Crippen LogP contribution in [-0.4, -0.2) is 26.0 Å². The first-order valence-electron chi connectivity index (χ1n) is 6.17. The Morgan fingerprint density at radius 3 is 2.65 bits per heavy atom. The molecular weight excluding hydrogens is 230 g/mol. The van der Waals surface area contributed by atoms with Crippen LogP contribution in [0.4, 0.5) is 0 Å². The predicted molar refractivity (Wildman–Crippen MR) is 77.5 cm³/mol. The van der Waals surface area contributed by atoms with Crippen molar-refractivity contribution in [3.63, 3.8) is 0 Å². The highest BCUT2D eigenvalue weighted by atomic mass is 32.1. The van der Waals surface area contributed by atoms with Crippen molar-refractivity contribution in [1.29, 1.82) is 0 Å². The molecule has 17 heavy (non-hydrogen) atoms. The maximum absolute atomic E-state index is 5.45. The Bertz CT molecular complexity index is 339. The van der Waals surface area contributed by atoms with Gasteiger partial charge in [0.25, 0.3) is 0 Å². The van der Waals surface area contributed by atoms with Crippen molar-refractivity contribution in [2.75, 3.05) is 26.0 Å². The topological polar surface area (TPSA) is 21.3 Å². The zero-order chi connectivity index (χ0) is 12.7. The Labute approximate surface area is 110 Å². The third-order valence-corrected chi connectivity index (χ3v) is 3.06. The van der Waals surface area contributed by atoms with E-state index in [1.807, 2.05) is 0 Å². The van der Waals surface area contributed by atoms with Crippen LogP contribution in [-0.2, 0) is 6.42 Å². The van der Waals surface area contributed by atoms with E-state index in [1.165, 1.54) is 11.1 Å². The van der Waals surface area contributed by atoms with Gasteiger partial charge in [0.2, 0.25) is 0 Å². The molecule has 0 heterocycles. The molecule has 0 saturated carbocycles. The van der Waals surface area contributed by atoms with E-state index in [2.05, 4.69) is 50.0 Å². The van der Waals surface area contributed by atoms with Crippen LogP contribution in [0.5, 0.6) is 5.75 Å². The van der Waals surface area contributed by atoms with E-state index in [0.29, 0.717) is 5.92 Å². The molecule has 1 aromatic carbocycles. The number of hydrogen-bond acceptors (Lipinski definition) is 3. The summed E-state index contributed by atoms with van der Waals surface area (Å²) < 4.78 is 5.45. The first kappa shape index (κ1) is 14.4. The molecule has 3 heteroatoms. The van der Waals surface area contributed by atoms with Gasteiger partial charge in [-0.1, -0.05) is 26.0 Å². The van der Waals surface area contributed by atoms with Gasteiger partial charge in [0.1, 0.15) is 5.75 Å². The summed E-state index contributed by atoms with van der Waals surface area (Å²) in [5, 5.41) is 3.34. The Morgan fingerprint density at radius 2 is 2.06 bits per heavy atom. The summed E-state index contributed by atoms with van der Waals surface area (Å²) in [6.07, 6.45) is 0.995. The predicted octanol–water partition coefficient (Wildman–Crippen LogP) is 2.88. The van der Waals surface area contributed by atoms with Crippen molar-refractivity contribution in [3.05, 3.63) is 29.3 Å². The average molecular weight is 253 g/mol. The molecule has 1 N–H and O–H groups in total. The molecule has 0 aliphatic carbocycles. The molecule has 0 aliphatic heterocycles.